The number of carbonyl (C=O) groups is 1. The third kappa shape index (κ3) is 4.70. The number of nitrogens with zero attached hydrogens (tertiary/aromatic N) is 2. The molecule has 0 atom stereocenters. The van der Waals surface area contributed by atoms with Crippen molar-refractivity contribution in [3.63, 3.8) is 0 Å². The molecule has 0 saturated heterocycles. The normalized spacial score (nSPS) is 11.8. The van der Waals surface area contributed by atoms with Crippen molar-refractivity contribution in [3.05, 3.63) is 89.0 Å². The van der Waals surface area contributed by atoms with Crippen LogP contribution in [0.1, 0.15) is 40.9 Å². The van der Waals surface area contributed by atoms with Gasteiger partial charge in [0.2, 0.25) is 0 Å². The number of hydrogen-bond donors (Lipinski definition) is 0. The highest BCUT2D eigenvalue weighted by atomic mass is 32.2. The minimum Gasteiger partial charge on any atom is -0.279 e. The molecule has 1 aromatic heterocycles. The predicted molar refractivity (Wildman–Crippen MR) is 135 cm³/mol. The molecule has 4 aromatic rings. The smallest absolute Gasteiger partial charge is 0.260 e. The number of fused-ring (bicyclic) bond motifs is 1. The second-order valence-electron chi connectivity index (χ2n) is 8.43. The standard InChI is InChI=1S/C26H26N2O3S2/c1-17(2)33(30,31)22-12-8-11-21(15-22)25(29)28(16-20-9-6-5-7-10-20)26-27-23-14-18(3)13-19(4)24(23)32-26/h5-15,17H,16H2,1-4H3. The number of anilines is 1. The Morgan fingerprint density at radius 3 is 2.42 bits per heavy atom. The lowest BCUT2D eigenvalue weighted by molar-refractivity contribution is 0.0985. The third-order valence-corrected chi connectivity index (χ3v) is 8.88. The van der Waals surface area contributed by atoms with Crippen LogP contribution in [-0.2, 0) is 16.4 Å². The quantitative estimate of drug-likeness (QED) is 0.344. The van der Waals surface area contributed by atoms with Crippen molar-refractivity contribution in [2.75, 3.05) is 4.90 Å². The molecule has 0 bridgehead atoms. The van der Waals surface area contributed by atoms with E-state index in [0.717, 1.165) is 26.9 Å². The van der Waals surface area contributed by atoms with Crippen LogP contribution < -0.4 is 4.90 Å². The fourth-order valence-electron chi connectivity index (χ4n) is 3.71. The van der Waals surface area contributed by atoms with E-state index in [4.69, 9.17) is 4.98 Å². The summed E-state index contributed by atoms with van der Waals surface area (Å²) < 4.78 is 26.4. The van der Waals surface area contributed by atoms with Gasteiger partial charge >= 0.3 is 0 Å². The maximum atomic E-state index is 13.7. The molecule has 0 aliphatic rings. The fourth-order valence-corrected chi connectivity index (χ4v) is 5.82. The molecular weight excluding hydrogens is 452 g/mol. The second kappa shape index (κ2) is 9.08. The summed E-state index contributed by atoms with van der Waals surface area (Å²) in [4.78, 5) is 20.3. The van der Waals surface area contributed by atoms with Crippen LogP contribution in [0, 0.1) is 13.8 Å². The highest BCUT2D eigenvalue weighted by Crippen LogP contribution is 2.34. The zero-order valence-corrected chi connectivity index (χ0v) is 20.7. The minimum absolute atomic E-state index is 0.152. The second-order valence-corrected chi connectivity index (χ2v) is 11.9. The first-order valence-corrected chi connectivity index (χ1v) is 13.1. The summed E-state index contributed by atoms with van der Waals surface area (Å²) >= 11 is 1.47. The number of sulfone groups is 1. The van der Waals surface area contributed by atoms with Gasteiger partial charge in [-0.3, -0.25) is 9.69 Å². The van der Waals surface area contributed by atoms with Gasteiger partial charge in [-0.25, -0.2) is 13.4 Å². The molecule has 33 heavy (non-hydrogen) atoms. The van der Waals surface area contributed by atoms with Gasteiger partial charge < -0.3 is 0 Å². The predicted octanol–water partition coefficient (Wildman–Crippen LogP) is 5.94. The Morgan fingerprint density at radius 2 is 1.73 bits per heavy atom. The first-order valence-electron chi connectivity index (χ1n) is 10.7. The van der Waals surface area contributed by atoms with Crippen LogP contribution in [0.25, 0.3) is 10.2 Å². The van der Waals surface area contributed by atoms with Crippen molar-refractivity contribution >= 4 is 42.4 Å². The Bertz CT molecular complexity index is 1420. The van der Waals surface area contributed by atoms with Gasteiger partial charge in [-0.2, -0.15) is 0 Å². The van der Waals surface area contributed by atoms with E-state index in [1.807, 2.05) is 50.2 Å². The molecule has 4 rings (SSSR count). The number of hydrogen-bond acceptors (Lipinski definition) is 5. The molecule has 0 saturated carbocycles. The van der Waals surface area contributed by atoms with Crippen molar-refractivity contribution < 1.29 is 13.2 Å². The van der Waals surface area contributed by atoms with E-state index in [9.17, 15) is 13.2 Å². The van der Waals surface area contributed by atoms with Crippen molar-refractivity contribution in [1.82, 2.24) is 4.98 Å². The maximum Gasteiger partial charge on any atom is 0.260 e. The van der Waals surface area contributed by atoms with Gasteiger partial charge in [-0.05, 0) is 68.7 Å². The molecule has 3 aromatic carbocycles. The van der Waals surface area contributed by atoms with E-state index in [-0.39, 0.29) is 10.8 Å². The monoisotopic (exact) mass is 478 g/mol. The number of thiazole rings is 1. The number of aromatic nitrogens is 1. The first-order chi connectivity index (χ1) is 15.7. The molecule has 0 unspecified atom stereocenters. The maximum absolute atomic E-state index is 13.7. The Hall–Kier alpha value is -3.03. The lowest BCUT2D eigenvalue weighted by Crippen LogP contribution is -2.30. The Labute approximate surface area is 198 Å². The van der Waals surface area contributed by atoms with E-state index in [1.165, 1.54) is 23.5 Å². The van der Waals surface area contributed by atoms with Crippen LogP contribution in [0.15, 0.2) is 71.6 Å². The van der Waals surface area contributed by atoms with Crippen LogP contribution in [0.2, 0.25) is 0 Å². The molecule has 1 heterocycles. The van der Waals surface area contributed by atoms with Gasteiger partial charge in [-0.1, -0.05) is 53.8 Å². The van der Waals surface area contributed by atoms with Crippen molar-refractivity contribution in [2.24, 2.45) is 0 Å². The first kappa shape index (κ1) is 23.1. The summed E-state index contributed by atoms with van der Waals surface area (Å²) in [6.45, 7) is 7.67. The van der Waals surface area contributed by atoms with E-state index in [1.54, 1.807) is 30.9 Å². The van der Waals surface area contributed by atoms with Crippen molar-refractivity contribution in [3.8, 4) is 0 Å². The number of carbonyl (C=O) groups excluding carboxylic acids is 1. The Morgan fingerprint density at radius 1 is 1.00 bits per heavy atom. The van der Waals surface area contributed by atoms with Crippen molar-refractivity contribution in [1.29, 1.82) is 0 Å². The highest BCUT2D eigenvalue weighted by molar-refractivity contribution is 7.92. The van der Waals surface area contributed by atoms with E-state index in [2.05, 4.69) is 6.07 Å². The Kier molecular flexibility index (Phi) is 6.36. The Balaban J connectivity index is 1.81. The van der Waals surface area contributed by atoms with Crippen LogP contribution >= 0.6 is 11.3 Å². The number of aryl methyl sites for hydroxylation is 2. The number of benzene rings is 3. The van der Waals surface area contributed by atoms with Crippen LogP contribution in [0.4, 0.5) is 5.13 Å². The molecule has 7 heteroatoms. The molecule has 0 aliphatic heterocycles. The van der Waals surface area contributed by atoms with Gasteiger partial charge in [0, 0.05) is 5.56 Å². The molecule has 0 spiro atoms. The summed E-state index contributed by atoms with van der Waals surface area (Å²) in [7, 11) is -3.50. The lowest BCUT2D eigenvalue weighted by atomic mass is 10.1. The molecule has 1 amide bonds. The van der Waals surface area contributed by atoms with E-state index >= 15 is 0 Å². The third-order valence-electron chi connectivity index (χ3n) is 5.50. The summed E-state index contributed by atoms with van der Waals surface area (Å²) in [5.74, 6) is -0.284. The summed E-state index contributed by atoms with van der Waals surface area (Å²) in [5.41, 5.74) is 4.37. The van der Waals surface area contributed by atoms with Gasteiger partial charge in [0.05, 0.1) is 26.9 Å². The molecule has 0 radical (unpaired) electrons. The highest BCUT2D eigenvalue weighted by Gasteiger charge is 2.25. The van der Waals surface area contributed by atoms with Gasteiger partial charge in [-0.15, -0.1) is 0 Å². The number of amides is 1. The van der Waals surface area contributed by atoms with E-state index in [0.29, 0.717) is 17.2 Å². The zero-order valence-electron chi connectivity index (χ0n) is 19.1. The van der Waals surface area contributed by atoms with Gasteiger partial charge in [0.25, 0.3) is 5.91 Å². The van der Waals surface area contributed by atoms with Crippen molar-refractivity contribution in [2.45, 2.75) is 44.4 Å². The SMILES string of the molecule is Cc1cc(C)c2sc(N(Cc3ccccc3)C(=O)c3cccc(S(=O)(=O)C(C)C)c3)nc2c1. The minimum atomic E-state index is -3.50. The molecule has 0 N–H and O–H groups in total. The van der Waals surface area contributed by atoms with Crippen LogP contribution in [-0.4, -0.2) is 24.6 Å². The van der Waals surface area contributed by atoms with Gasteiger partial charge in [0.15, 0.2) is 15.0 Å². The topological polar surface area (TPSA) is 67.3 Å². The average molecular weight is 479 g/mol. The molecular formula is C26H26N2O3S2. The zero-order chi connectivity index (χ0) is 23.8. The number of rotatable bonds is 6. The lowest BCUT2D eigenvalue weighted by Gasteiger charge is -2.20. The average Bonchev–Trinajstić information content (AvgIpc) is 3.22. The summed E-state index contributed by atoms with van der Waals surface area (Å²) in [6.07, 6.45) is 0. The van der Waals surface area contributed by atoms with Crippen LogP contribution in [0.3, 0.4) is 0 Å². The van der Waals surface area contributed by atoms with Crippen LogP contribution in [0.5, 0.6) is 0 Å². The summed E-state index contributed by atoms with van der Waals surface area (Å²) in [6, 6.07) is 20.1. The molecule has 170 valence electrons. The fraction of sp³-hybridized carbons (Fsp3) is 0.231. The molecule has 0 aliphatic carbocycles. The molecule has 5 nitrogen and oxygen atoms in total. The van der Waals surface area contributed by atoms with Gasteiger partial charge in [0.1, 0.15) is 0 Å². The van der Waals surface area contributed by atoms with E-state index < -0.39 is 15.1 Å². The summed E-state index contributed by atoms with van der Waals surface area (Å²) in [5, 5.41) is 0.0171. The molecule has 0 fully saturated rings. The largest absolute Gasteiger partial charge is 0.279 e.